The van der Waals surface area contributed by atoms with E-state index >= 15 is 0 Å². The average Bonchev–Trinajstić information content (AvgIpc) is 2.94. The summed E-state index contributed by atoms with van der Waals surface area (Å²) in [7, 11) is 0. The van der Waals surface area contributed by atoms with Gasteiger partial charge < -0.3 is 5.43 Å². The van der Waals surface area contributed by atoms with E-state index in [9.17, 15) is 0 Å². The van der Waals surface area contributed by atoms with Crippen LogP contribution in [0.2, 0.25) is 0 Å². The standard InChI is InChI=1S/C14H16N4S/c1-2-9-3-5-10(6-4-9)13-16-12-8-19-7-11(12)14(17-13)18-15/h3-6H,2,7-8,15H2,1H3,(H,16,17,18). The first-order chi connectivity index (χ1) is 9.31. The van der Waals surface area contributed by atoms with E-state index in [0.29, 0.717) is 0 Å². The Labute approximate surface area is 116 Å². The summed E-state index contributed by atoms with van der Waals surface area (Å²) in [5, 5.41) is 0. The van der Waals surface area contributed by atoms with Crippen LogP contribution in [-0.2, 0) is 17.9 Å². The fourth-order valence-electron chi connectivity index (χ4n) is 2.19. The van der Waals surface area contributed by atoms with Gasteiger partial charge in [-0.1, -0.05) is 31.2 Å². The number of nitrogens with zero attached hydrogens (tertiary/aromatic N) is 2. The van der Waals surface area contributed by atoms with Gasteiger partial charge in [0.1, 0.15) is 5.82 Å². The molecule has 1 aliphatic rings. The Morgan fingerprint density at radius 1 is 1.21 bits per heavy atom. The quantitative estimate of drug-likeness (QED) is 0.664. The number of aromatic nitrogens is 2. The van der Waals surface area contributed by atoms with Crippen LogP contribution >= 0.6 is 11.8 Å². The van der Waals surface area contributed by atoms with E-state index in [-0.39, 0.29) is 0 Å². The van der Waals surface area contributed by atoms with Crippen molar-refractivity contribution >= 4 is 17.6 Å². The molecular formula is C14H16N4S. The number of thioether (sulfide) groups is 1. The molecule has 98 valence electrons. The molecule has 0 saturated carbocycles. The molecule has 2 heterocycles. The first-order valence-corrected chi connectivity index (χ1v) is 7.50. The number of nitrogen functional groups attached to an aromatic ring is 1. The first-order valence-electron chi connectivity index (χ1n) is 6.35. The summed E-state index contributed by atoms with van der Waals surface area (Å²) in [5.41, 5.74) is 7.29. The molecule has 0 amide bonds. The number of nitrogens with one attached hydrogen (secondary N) is 1. The number of hydrazine groups is 1. The van der Waals surface area contributed by atoms with Gasteiger partial charge in [-0.2, -0.15) is 11.8 Å². The highest BCUT2D eigenvalue weighted by molar-refractivity contribution is 7.98. The molecule has 4 nitrogen and oxygen atoms in total. The number of benzene rings is 1. The number of fused-ring (bicyclic) bond motifs is 1. The molecule has 0 spiro atoms. The maximum Gasteiger partial charge on any atom is 0.161 e. The fraction of sp³-hybridized carbons (Fsp3) is 0.286. The van der Waals surface area contributed by atoms with E-state index in [1.165, 1.54) is 5.56 Å². The van der Waals surface area contributed by atoms with Crippen LogP contribution in [0.15, 0.2) is 24.3 Å². The van der Waals surface area contributed by atoms with Gasteiger partial charge in [-0.05, 0) is 12.0 Å². The number of hydrogen-bond acceptors (Lipinski definition) is 5. The van der Waals surface area contributed by atoms with E-state index in [1.54, 1.807) is 0 Å². The van der Waals surface area contributed by atoms with Crippen molar-refractivity contribution in [2.45, 2.75) is 24.9 Å². The van der Waals surface area contributed by atoms with Crippen LogP contribution in [0.4, 0.5) is 5.82 Å². The van der Waals surface area contributed by atoms with Gasteiger partial charge in [0.2, 0.25) is 0 Å². The number of aryl methyl sites for hydroxylation is 1. The molecule has 0 radical (unpaired) electrons. The molecule has 0 saturated heterocycles. The SMILES string of the molecule is CCc1ccc(-c2nc3c(c(NN)n2)CSC3)cc1. The Balaban J connectivity index is 2.04. The Kier molecular flexibility index (Phi) is 3.40. The molecule has 0 unspecified atom stereocenters. The topological polar surface area (TPSA) is 63.8 Å². The second kappa shape index (κ2) is 5.19. The van der Waals surface area contributed by atoms with Gasteiger partial charge in [-0.25, -0.2) is 15.8 Å². The number of rotatable bonds is 3. The third kappa shape index (κ3) is 2.31. The lowest BCUT2D eigenvalue weighted by Gasteiger charge is -2.09. The third-order valence-electron chi connectivity index (χ3n) is 3.34. The lowest BCUT2D eigenvalue weighted by Crippen LogP contribution is -2.12. The van der Waals surface area contributed by atoms with Gasteiger partial charge in [-0.3, -0.25) is 0 Å². The van der Waals surface area contributed by atoms with Crippen molar-refractivity contribution in [1.29, 1.82) is 0 Å². The zero-order chi connectivity index (χ0) is 13.2. The van der Waals surface area contributed by atoms with Crippen molar-refractivity contribution in [3.63, 3.8) is 0 Å². The molecule has 3 N–H and O–H groups in total. The third-order valence-corrected chi connectivity index (χ3v) is 4.31. The monoisotopic (exact) mass is 272 g/mol. The van der Waals surface area contributed by atoms with Crippen LogP contribution in [0.1, 0.15) is 23.7 Å². The van der Waals surface area contributed by atoms with E-state index in [2.05, 4.69) is 46.6 Å². The highest BCUT2D eigenvalue weighted by Crippen LogP contribution is 2.34. The van der Waals surface area contributed by atoms with Gasteiger partial charge in [0, 0.05) is 22.6 Å². The van der Waals surface area contributed by atoms with Crippen molar-refractivity contribution in [2.75, 3.05) is 5.43 Å². The summed E-state index contributed by atoms with van der Waals surface area (Å²) in [4.78, 5) is 9.19. The minimum Gasteiger partial charge on any atom is -0.308 e. The average molecular weight is 272 g/mol. The largest absolute Gasteiger partial charge is 0.308 e. The van der Waals surface area contributed by atoms with Crippen LogP contribution in [0.3, 0.4) is 0 Å². The Bertz CT molecular complexity index is 595. The molecule has 0 atom stereocenters. The molecule has 1 aromatic carbocycles. The summed E-state index contributed by atoms with van der Waals surface area (Å²) in [6.07, 6.45) is 1.04. The van der Waals surface area contributed by atoms with E-state index in [1.807, 2.05) is 11.8 Å². The minimum atomic E-state index is 0.747. The van der Waals surface area contributed by atoms with Crippen LogP contribution < -0.4 is 11.3 Å². The number of hydrogen-bond donors (Lipinski definition) is 2. The van der Waals surface area contributed by atoms with E-state index in [0.717, 1.165) is 46.4 Å². The molecule has 5 heteroatoms. The lowest BCUT2D eigenvalue weighted by molar-refractivity contribution is 1.06. The summed E-state index contributed by atoms with van der Waals surface area (Å²) in [5.74, 6) is 8.94. The number of nitrogens with two attached hydrogens (primary N) is 1. The minimum absolute atomic E-state index is 0.747. The molecule has 1 aliphatic heterocycles. The summed E-state index contributed by atoms with van der Waals surface area (Å²) >= 11 is 1.84. The van der Waals surface area contributed by atoms with Gasteiger partial charge in [0.25, 0.3) is 0 Å². The lowest BCUT2D eigenvalue weighted by atomic mass is 10.1. The van der Waals surface area contributed by atoms with Crippen LogP contribution in [0.25, 0.3) is 11.4 Å². The highest BCUT2D eigenvalue weighted by Gasteiger charge is 2.19. The molecule has 2 aromatic rings. The van der Waals surface area contributed by atoms with Crippen LogP contribution in [-0.4, -0.2) is 9.97 Å². The smallest absolute Gasteiger partial charge is 0.161 e. The molecular weight excluding hydrogens is 256 g/mol. The van der Waals surface area contributed by atoms with E-state index < -0.39 is 0 Å². The van der Waals surface area contributed by atoms with Gasteiger partial charge in [-0.15, -0.1) is 0 Å². The fourth-order valence-corrected chi connectivity index (χ4v) is 3.23. The van der Waals surface area contributed by atoms with Gasteiger partial charge >= 0.3 is 0 Å². The van der Waals surface area contributed by atoms with E-state index in [4.69, 9.17) is 5.84 Å². The van der Waals surface area contributed by atoms with Crippen molar-refractivity contribution in [3.8, 4) is 11.4 Å². The molecule has 1 aromatic heterocycles. The van der Waals surface area contributed by atoms with Crippen LogP contribution in [0.5, 0.6) is 0 Å². The molecule has 0 aliphatic carbocycles. The molecule has 0 fully saturated rings. The van der Waals surface area contributed by atoms with Gasteiger partial charge in [0.05, 0.1) is 5.69 Å². The molecule has 0 bridgehead atoms. The summed E-state index contributed by atoms with van der Waals surface area (Å²) in [6.45, 7) is 2.15. The van der Waals surface area contributed by atoms with Crippen molar-refractivity contribution in [1.82, 2.24) is 9.97 Å². The predicted molar refractivity (Wildman–Crippen MR) is 79.7 cm³/mol. The summed E-state index contributed by atoms with van der Waals surface area (Å²) in [6, 6.07) is 8.39. The van der Waals surface area contributed by atoms with Crippen molar-refractivity contribution in [3.05, 3.63) is 41.1 Å². The second-order valence-corrected chi connectivity index (χ2v) is 5.49. The van der Waals surface area contributed by atoms with Crippen molar-refractivity contribution < 1.29 is 0 Å². The predicted octanol–water partition coefficient (Wildman–Crippen LogP) is 2.74. The molecule has 19 heavy (non-hydrogen) atoms. The highest BCUT2D eigenvalue weighted by atomic mass is 32.2. The molecule has 3 rings (SSSR count). The van der Waals surface area contributed by atoms with Crippen LogP contribution in [0, 0.1) is 0 Å². The maximum absolute atomic E-state index is 5.57. The Hall–Kier alpha value is -1.59. The zero-order valence-corrected chi connectivity index (χ0v) is 11.6. The Morgan fingerprint density at radius 2 is 2.00 bits per heavy atom. The Morgan fingerprint density at radius 3 is 2.68 bits per heavy atom. The zero-order valence-electron chi connectivity index (χ0n) is 10.8. The van der Waals surface area contributed by atoms with Gasteiger partial charge in [0.15, 0.2) is 5.82 Å². The summed E-state index contributed by atoms with van der Waals surface area (Å²) < 4.78 is 0. The second-order valence-electron chi connectivity index (χ2n) is 4.51. The normalized spacial score (nSPS) is 13.4. The number of anilines is 1. The first kappa shape index (κ1) is 12.4. The van der Waals surface area contributed by atoms with Crippen molar-refractivity contribution in [2.24, 2.45) is 5.84 Å². The maximum atomic E-state index is 5.57.